The molecule has 152 valence electrons. The lowest BCUT2D eigenvalue weighted by molar-refractivity contribution is 0.0833. The van der Waals surface area contributed by atoms with Crippen LogP contribution in [0.2, 0.25) is 0 Å². The molecule has 1 aromatic rings. The quantitative estimate of drug-likeness (QED) is 0.482. The number of unbranched alkanes of at least 4 members (excludes halogenated alkanes) is 5. The standard InChI is InChI=1S/C23H38N2O2/c1-3-4-5-6-7-9-12-21-13-15-22(16-14-21)24-23(26)27-20(2)19-25-17-10-8-11-18-25/h13-16,20H,3-12,17-19H2,1-2H3,(H,24,26)/t20-/m1/s1. The van der Waals surface area contributed by atoms with Crippen LogP contribution >= 0.6 is 0 Å². The number of carbonyl (C=O) groups excluding carboxylic acids is 1. The predicted octanol–water partition coefficient (Wildman–Crippen LogP) is 6.01. The van der Waals surface area contributed by atoms with Crippen LogP contribution in [0.15, 0.2) is 24.3 Å². The van der Waals surface area contributed by atoms with Gasteiger partial charge in [0.15, 0.2) is 0 Å². The molecular weight excluding hydrogens is 336 g/mol. The number of nitrogens with one attached hydrogen (secondary N) is 1. The summed E-state index contributed by atoms with van der Waals surface area (Å²) < 4.78 is 5.51. The summed E-state index contributed by atoms with van der Waals surface area (Å²) in [6.45, 7) is 7.29. The van der Waals surface area contributed by atoms with E-state index in [9.17, 15) is 4.79 Å². The number of hydrogen-bond donors (Lipinski definition) is 1. The summed E-state index contributed by atoms with van der Waals surface area (Å²) in [4.78, 5) is 14.5. The van der Waals surface area contributed by atoms with E-state index in [4.69, 9.17) is 4.74 Å². The highest BCUT2D eigenvalue weighted by atomic mass is 16.6. The van der Waals surface area contributed by atoms with E-state index in [-0.39, 0.29) is 12.2 Å². The van der Waals surface area contributed by atoms with Crippen molar-refractivity contribution in [1.29, 1.82) is 0 Å². The monoisotopic (exact) mass is 374 g/mol. The minimum atomic E-state index is -0.358. The van der Waals surface area contributed by atoms with Gasteiger partial charge in [0, 0.05) is 12.2 Å². The lowest BCUT2D eigenvalue weighted by atomic mass is 10.0. The normalized spacial score (nSPS) is 16.1. The van der Waals surface area contributed by atoms with Gasteiger partial charge in [0.05, 0.1) is 0 Å². The molecule has 1 N–H and O–H groups in total. The van der Waals surface area contributed by atoms with Crippen molar-refractivity contribution < 1.29 is 9.53 Å². The van der Waals surface area contributed by atoms with Crippen molar-refractivity contribution >= 4 is 11.8 Å². The van der Waals surface area contributed by atoms with Crippen LogP contribution in [-0.4, -0.2) is 36.7 Å². The van der Waals surface area contributed by atoms with Crippen molar-refractivity contribution in [2.75, 3.05) is 25.0 Å². The van der Waals surface area contributed by atoms with Crippen LogP contribution < -0.4 is 5.32 Å². The Morgan fingerprint density at radius 3 is 2.41 bits per heavy atom. The minimum Gasteiger partial charge on any atom is -0.445 e. The molecule has 1 amide bonds. The van der Waals surface area contributed by atoms with E-state index in [1.807, 2.05) is 19.1 Å². The van der Waals surface area contributed by atoms with Crippen LogP contribution in [0.1, 0.15) is 77.2 Å². The Kier molecular flexibility index (Phi) is 10.3. The Morgan fingerprint density at radius 2 is 1.70 bits per heavy atom. The van der Waals surface area contributed by atoms with Gasteiger partial charge < -0.3 is 4.74 Å². The van der Waals surface area contributed by atoms with Crippen LogP contribution in [0.25, 0.3) is 0 Å². The number of anilines is 1. The molecule has 1 fully saturated rings. The molecule has 0 spiro atoms. The molecule has 0 aliphatic carbocycles. The van der Waals surface area contributed by atoms with Gasteiger partial charge in [-0.25, -0.2) is 4.79 Å². The first-order valence-electron chi connectivity index (χ1n) is 11.0. The number of amides is 1. The van der Waals surface area contributed by atoms with Gasteiger partial charge in [0.2, 0.25) is 0 Å². The molecule has 1 saturated heterocycles. The molecule has 1 heterocycles. The molecule has 0 radical (unpaired) electrons. The van der Waals surface area contributed by atoms with Crippen LogP contribution in [-0.2, 0) is 11.2 Å². The first kappa shape index (κ1) is 21.7. The molecule has 0 saturated carbocycles. The molecule has 4 heteroatoms. The fraction of sp³-hybridized carbons (Fsp3) is 0.696. The SMILES string of the molecule is CCCCCCCCc1ccc(NC(=O)O[C@H](C)CN2CCCCC2)cc1. The van der Waals surface area contributed by atoms with Gasteiger partial charge in [-0.05, 0) is 63.4 Å². The summed E-state index contributed by atoms with van der Waals surface area (Å²) in [6, 6.07) is 8.17. The molecule has 0 bridgehead atoms. The maximum Gasteiger partial charge on any atom is 0.411 e. The van der Waals surface area contributed by atoms with Crippen molar-refractivity contribution in [1.82, 2.24) is 4.90 Å². The number of benzene rings is 1. The van der Waals surface area contributed by atoms with E-state index < -0.39 is 0 Å². The van der Waals surface area contributed by atoms with Crippen LogP contribution in [0.5, 0.6) is 0 Å². The van der Waals surface area contributed by atoms with Gasteiger partial charge in [0.1, 0.15) is 6.10 Å². The largest absolute Gasteiger partial charge is 0.445 e. The Hall–Kier alpha value is -1.55. The average molecular weight is 375 g/mol. The van der Waals surface area contributed by atoms with Gasteiger partial charge in [-0.3, -0.25) is 10.2 Å². The second-order valence-corrected chi connectivity index (χ2v) is 7.92. The molecule has 27 heavy (non-hydrogen) atoms. The summed E-state index contributed by atoms with van der Waals surface area (Å²) in [5, 5.41) is 2.85. The fourth-order valence-electron chi connectivity index (χ4n) is 3.74. The third-order valence-corrected chi connectivity index (χ3v) is 5.29. The topological polar surface area (TPSA) is 41.6 Å². The molecule has 0 aromatic heterocycles. The molecule has 4 nitrogen and oxygen atoms in total. The highest BCUT2D eigenvalue weighted by molar-refractivity contribution is 5.84. The maximum absolute atomic E-state index is 12.1. The summed E-state index contributed by atoms with van der Waals surface area (Å²) in [7, 11) is 0. The van der Waals surface area contributed by atoms with Gasteiger partial charge in [-0.2, -0.15) is 0 Å². The van der Waals surface area contributed by atoms with Gasteiger partial charge in [-0.1, -0.05) is 57.6 Å². The highest BCUT2D eigenvalue weighted by Crippen LogP contribution is 2.14. The second-order valence-electron chi connectivity index (χ2n) is 7.92. The zero-order chi connectivity index (χ0) is 19.3. The number of likely N-dealkylation sites (tertiary alicyclic amines) is 1. The summed E-state index contributed by atoms with van der Waals surface area (Å²) in [5.41, 5.74) is 2.14. The van der Waals surface area contributed by atoms with Crippen molar-refractivity contribution in [3.8, 4) is 0 Å². The predicted molar refractivity (Wildman–Crippen MR) is 113 cm³/mol. The van der Waals surface area contributed by atoms with E-state index in [0.717, 1.165) is 31.7 Å². The smallest absolute Gasteiger partial charge is 0.411 e. The first-order valence-corrected chi connectivity index (χ1v) is 11.0. The number of piperidine rings is 1. The Bertz CT molecular complexity index is 524. The van der Waals surface area contributed by atoms with E-state index in [2.05, 4.69) is 29.3 Å². The average Bonchev–Trinajstić information content (AvgIpc) is 2.66. The summed E-state index contributed by atoms with van der Waals surface area (Å²) >= 11 is 0. The van der Waals surface area contributed by atoms with Crippen molar-refractivity contribution in [3.05, 3.63) is 29.8 Å². The Morgan fingerprint density at radius 1 is 1.04 bits per heavy atom. The molecule has 2 rings (SSSR count). The van der Waals surface area contributed by atoms with Crippen molar-refractivity contribution in [2.45, 2.75) is 84.2 Å². The fourth-order valence-corrected chi connectivity index (χ4v) is 3.74. The summed E-state index contributed by atoms with van der Waals surface area (Å²) in [6.07, 6.45) is 12.4. The number of nitrogens with zero attached hydrogens (tertiary/aromatic N) is 1. The lowest BCUT2D eigenvalue weighted by Crippen LogP contribution is -2.37. The Labute approximate surface area is 165 Å². The van der Waals surface area contributed by atoms with Crippen molar-refractivity contribution in [2.24, 2.45) is 0 Å². The lowest BCUT2D eigenvalue weighted by Gasteiger charge is -2.28. The molecule has 1 aliphatic heterocycles. The van der Waals surface area contributed by atoms with Gasteiger partial charge in [0.25, 0.3) is 0 Å². The number of aryl methyl sites for hydroxylation is 1. The van der Waals surface area contributed by atoms with Gasteiger partial charge >= 0.3 is 6.09 Å². The third kappa shape index (κ3) is 9.28. The number of carbonyl (C=O) groups is 1. The third-order valence-electron chi connectivity index (χ3n) is 5.29. The van der Waals surface area contributed by atoms with E-state index in [1.54, 1.807) is 0 Å². The zero-order valence-electron chi connectivity index (χ0n) is 17.3. The number of rotatable bonds is 11. The van der Waals surface area contributed by atoms with E-state index in [0.29, 0.717) is 0 Å². The Balaban J connectivity index is 1.63. The van der Waals surface area contributed by atoms with Crippen LogP contribution in [0.3, 0.4) is 0 Å². The summed E-state index contributed by atoms with van der Waals surface area (Å²) in [5.74, 6) is 0. The number of ether oxygens (including phenoxy) is 1. The maximum atomic E-state index is 12.1. The number of hydrogen-bond acceptors (Lipinski definition) is 3. The molecule has 1 atom stereocenters. The molecule has 1 aromatic carbocycles. The van der Waals surface area contributed by atoms with Gasteiger partial charge in [-0.15, -0.1) is 0 Å². The molecule has 0 unspecified atom stereocenters. The molecular formula is C23H38N2O2. The molecule has 1 aliphatic rings. The van der Waals surface area contributed by atoms with Crippen LogP contribution in [0, 0.1) is 0 Å². The van der Waals surface area contributed by atoms with Crippen molar-refractivity contribution in [3.63, 3.8) is 0 Å². The van der Waals surface area contributed by atoms with E-state index >= 15 is 0 Å². The van der Waals surface area contributed by atoms with E-state index in [1.165, 1.54) is 63.4 Å². The van der Waals surface area contributed by atoms with Crippen LogP contribution in [0.4, 0.5) is 10.5 Å². The zero-order valence-corrected chi connectivity index (χ0v) is 17.3. The first-order chi connectivity index (χ1) is 13.2. The second kappa shape index (κ2) is 12.8. The highest BCUT2D eigenvalue weighted by Gasteiger charge is 2.16. The minimum absolute atomic E-state index is 0.0879.